The third-order valence-electron chi connectivity index (χ3n) is 3.65. The van der Waals surface area contributed by atoms with Crippen molar-refractivity contribution in [3.63, 3.8) is 0 Å². The molecule has 1 fully saturated rings. The van der Waals surface area contributed by atoms with Crippen molar-refractivity contribution < 1.29 is 18.0 Å². The van der Waals surface area contributed by atoms with Crippen molar-refractivity contribution in [3.8, 4) is 0 Å². The van der Waals surface area contributed by atoms with Gasteiger partial charge in [-0.15, -0.1) is 12.4 Å². The van der Waals surface area contributed by atoms with Crippen LogP contribution in [0.1, 0.15) is 36.0 Å². The second-order valence-corrected chi connectivity index (χ2v) is 5.20. The summed E-state index contributed by atoms with van der Waals surface area (Å²) in [6.07, 6.45) is -2.99. The molecular formula is C14H18ClF3N2O. The van der Waals surface area contributed by atoms with E-state index in [1.807, 2.05) is 0 Å². The van der Waals surface area contributed by atoms with Gasteiger partial charge in [-0.05, 0) is 43.5 Å². The Bertz CT molecular complexity index is 476. The van der Waals surface area contributed by atoms with E-state index in [9.17, 15) is 18.0 Å². The number of halogens is 4. The molecule has 118 valence electrons. The molecule has 0 bridgehead atoms. The molecule has 0 spiro atoms. The number of alkyl halides is 3. The molecule has 1 aromatic carbocycles. The van der Waals surface area contributed by atoms with Gasteiger partial charge in [0.05, 0.1) is 5.92 Å². The number of benzene rings is 1. The normalized spacial score (nSPS) is 22.2. The summed E-state index contributed by atoms with van der Waals surface area (Å²) in [4.78, 5) is 11.9. The van der Waals surface area contributed by atoms with E-state index in [0.29, 0.717) is 24.1 Å². The second kappa shape index (κ2) is 7.02. The van der Waals surface area contributed by atoms with Gasteiger partial charge in [0.1, 0.15) is 0 Å². The van der Waals surface area contributed by atoms with Crippen LogP contribution in [-0.4, -0.2) is 18.1 Å². The maximum atomic E-state index is 12.7. The fourth-order valence-corrected chi connectivity index (χ4v) is 2.52. The molecule has 7 heteroatoms. The number of rotatable bonds is 2. The van der Waals surface area contributed by atoms with Gasteiger partial charge in [-0.2, -0.15) is 13.2 Å². The SMILES string of the molecule is Cl.Nc1ccc(C(=O)NC2CCCC(C(F)(F)F)C2)cc1. The molecule has 3 N–H and O–H groups in total. The molecule has 3 nitrogen and oxygen atoms in total. The standard InChI is InChI=1S/C14H17F3N2O.ClH/c15-14(16,17)10-2-1-3-12(8-10)19-13(20)9-4-6-11(18)7-5-9;/h4-7,10,12H,1-3,8,18H2,(H,19,20);1H. The summed E-state index contributed by atoms with van der Waals surface area (Å²) in [5.41, 5.74) is 6.47. The molecule has 0 aliphatic heterocycles. The van der Waals surface area contributed by atoms with Crippen molar-refractivity contribution in [2.24, 2.45) is 5.92 Å². The van der Waals surface area contributed by atoms with Crippen molar-refractivity contribution in [2.45, 2.75) is 37.9 Å². The summed E-state index contributed by atoms with van der Waals surface area (Å²) in [5.74, 6) is -1.66. The Morgan fingerprint density at radius 2 is 1.81 bits per heavy atom. The zero-order valence-corrected chi connectivity index (χ0v) is 12.1. The third kappa shape index (κ3) is 4.81. The average Bonchev–Trinajstić information content (AvgIpc) is 2.38. The Labute approximate surface area is 127 Å². The molecule has 0 heterocycles. The summed E-state index contributed by atoms with van der Waals surface area (Å²) in [7, 11) is 0. The van der Waals surface area contributed by atoms with Crippen LogP contribution in [0, 0.1) is 5.92 Å². The van der Waals surface area contributed by atoms with Crippen LogP contribution in [0.3, 0.4) is 0 Å². The minimum atomic E-state index is -4.18. The Balaban J connectivity index is 0.00000220. The lowest BCUT2D eigenvalue weighted by Gasteiger charge is -2.31. The number of amides is 1. The molecule has 0 aromatic heterocycles. The highest BCUT2D eigenvalue weighted by molar-refractivity contribution is 5.94. The molecule has 0 saturated heterocycles. The minimum Gasteiger partial charge on any atom is -0.399 e. The van der Waals surface area contributed by atoms with Crippen LogP contribution < -0.4 is 11.1 Å². The first-order chi connectivity index (χ1) is 9.36. The fourth-order valence-electron chi connectivity index (χ4n) is 2.52. The van der Waals surface area contributed by atoms with E-state index in [1.165, 1.54) is 0 Å². The lowest BCUT2D eigenvalue weighted by molar-refractivity contribution is -0.183. The molecule has 2 rings (SSSR count). The van der Waals surface area contributed by atoms with Gasteiger partial charge in [0, 0.05) is 17.3 Å². The Hall–Kier alpha value is -1.43. The van der Waals surface area contributed by atoms with Gasteiger partial charge >= 0.3 is 6.18 Å². The summed E-state index contributed by atoms with van der Waals surface area (Å²) >= 11 is 0. The highest BCUT2D eigenvalue weighted by atomic mass is 35.5. The zero-order chi connectivity index (χ0) is 14.8. The number of carbonyl (C=O) groups is 1. The van der Waals surface area contributed by atoms with Crippen molar-refractivity contribution in [1.82, 2.24) is 5.32 Å². The van der Waals surface area contributed by atoms with Crippen LogP contribution in [0.15, 0.2) is 24.3 Å². The molecule has 1 aromatic rings. The number of carbonyl (C=O) groups excluding carboxylic acids is 1. The maximum absolute atomic E-state index is 12.7. The first-order valence-corrected chi connectivity index (χ1v) is 6.59. The molecular weight excluding hydrogens is 305 g/mol. The van der Waals surface area contributed by atoms with E-state index in [0.717, 1.165) is 0 Å². The molecule has 2 unspecified atom stereocenters. The Morgan fingerprint density at radius 3 is 2.38 bits per heavy atom. The first-order valence-electron chi connectivity index (χ1n) is 6.59. The quantitative estimate of drug-likeness (QED) is 0.818. The van der Waals surface area contributed by atoms with E-state index in [4.69, 9.17) is 5.73 Å². The maximum Gasteiger partial charge on any atom is 0.391 e. The monoisotopic (exact) mass is 322 g/mol. The minimum absolute atomic E-state index is 0. The topological polar surface area (TPSA) is 55.1 Å². The van der Waals surface area contributed by atoms with Crippen molar-refractivity contribution in [1.29, 1.82) is 0 Å². The van der Waals surface area contributed by atoms with Crippen LogP contribution in [0.25, 0.3) is 0 Å². The smallest absolute Gasteiger partial charge is 0.391 e. The lowest BCUT2D eigenvalue weighted by Crippen LogP contribution is -2.41. The summed E-state index contributed by atoms with van der Waals surface area (Å²) in [5, 5.41) is 2.68. The van der Waals surface area contributed by atoms with Gasteiger partial charge < -0.3 is 11.1 Å². The second-order valence-electron chi connectivity index (χ2n) is 5.20. The van der Waals surface area contributed by atoms with E-state index < -0.39 is 18.1 Å². The van der Waals surface area contributed by atoms with Gasteiger partial charge in [0.15, 0.2) is 0 Å². The largest absolute Gasteiger partial charge is 0.399 e. The van der Waals surface area contributed by atoms with Gasteiger partial charge in [0.25, 0.3) is 5.91 Å². The number of hydrogen-bond donors (Lipinski definition) is 2. The number of nitrogens with two attached hydrogens (primary N) is 1. The van der Waals surface area contributed by atoms with Crippen LogP contribution in [0.5, 0.6) is 0 Å². The molecule has 21 heavy (non-hydrogen) atoms. The predicted octanol–water partition coefficient (Wildman–Crippen LogP) is 3.54. The van der Waals surface area contributed by atoms with Gasteiger partial charge in [-0.3, -0.25) is 4.79 Å². The van der Waals surface area contributed by atoms with Crippen LogP contribution >= 0.6 is 12.4 Å². The predicted molar refractivity (Wildman–Crippen MR) is 77.4 cm³/mol. The van der Waals surface area contributed by atoms with E-state index in [2.05, 4.69) is 5.32 Å². The number of nitrogen functional groups attached to an aromatic ring is 1. The highest BCUT2D eigenvalue weighted by Gasteiger charge is 2.42. The van der Waals surface area contributed by atoms with Crippen LogP contribution in [0.2, 0.25) is 0 Å². The Kier molecular flexibility index (Phi) is 5.89. The third-order valence-corrected chi connectivity index (χ3v) is 3.65. The summed E-state index contributed by atoms with van der Waals surface area (Å²) < 4.78 is 38.1. The van der Waals surface area contributed by atoms with E-state index in [1.54, 1.807) is 24.3 Å². The van der Waals surface area contributed by atoms with Gasteiger partial charge in [0.2, 0.25) is 0 Å². The Morgan fingerprint density at radius 1 is 1.19 bits per heavy atom. The molecule has 1 aliphatic rings. The molecule has 0 radical (unpaired) electrons. The highest BCUT2D eigenvalue weighted by Crippen LogP contribution is 2.37. The fraction of sp³-hybridized carbons (Fsp3) is 0.500. The number of nitrogens with one attached hydrogen (secondary N) is 1. The molecule has 1 saturated carbocycles. The summed E-state index contributed by atoms with van der Waals surface area (Å²) in [6, 6.07) is 5.90. The average molecular weight is 323 g/mol. The van der Waals surface area contributed by atoms with Crippen LogP contribution in [0.4, 0.5) is 18.9 Å². The van der Waals surface area contributed by atoms with Crippen molar-refractivity contribution in [2.75, 3.05) is 5.73 Å². The van der Waals surface area contributed by atoms with E-state index in [-0.39, 0.29) is 31.2 Å². The zero-order valence-electron chi connectivity index (χ0n) is 11.3. The number of anilines is 1. The molecule has 1 amide bonds. The van der Waals surface area contributed by atoms with Crippen LogP contribution in [-0.2, 0) is 0 Å². The van der Waals surface area contributed by atoms with Gasteiger partial charge in [-0.25, -0.2) is 0 Å². The summed E-state index contributed by atoms with van der Waals surface area (Å²) in [6.45, 7) is 0. The lowest BCUT2D eigenvalue weighted by atomic mass is 9.85. The number of hydrogen-bond acceptors (Lipinski definition) is 2. The van der Waals surface area contributed by atoms with Crippen molar-refractivity contribution >= 4 is 24.0 Å². The van der Waals surface area contributed by atoms with Gasteiger partial charge in [-0.1, -0.05) is 6.42 Å². The molecule has 2 atom stereocenters. The van der Waals surface area contributed by atoms with Crippen molar-refractivity contribution in [3.05, 3.63) is 29.8 Å². The first kappa shape index (κ1) is 17.6. The van der Waals surface area contributed by atoms with E-state index >= 15 is 0 Å². The molecule has 1 aliphatic carbocycles.